The van der Waals surface area contributed by atoms with Crippen LogP contribution in [-0.2, 0) is 9.53 Å². The maximum Gasteiger partial charge on any atom is 0.310 e. The van der Waals surface area contributed by atoms with E-state index >= 15 is 0 Å². The lowest BCUT2D eigenvalue weighted by molar-refractivity contribution is -0.159. The standard InChI is InChI=1S/C10H18O2S2/c1-10(2,3)12-9(11)7-4-8(5-13)14-6-7/h7-8,13H,4-6H2,1-3H3/t7?,8-/m1/s1. The predicted octanol–water partition coefficient (Wildman–Crippen LogP) is 2.38. The van der Waals surface area contributed by atoms with Crippen LogP contribution in [0.1, 0.15) is 27.2 Å². The van der Waals surface area contributed by atoms with Gasteiger partial charge in [0.25, 0.3) is 0 Å². The SMILES string of the molecule is CC(C)(C)OC(=O)C1CS[C@@H](CS)C1. The van der Waals surface area contributed by atoms with Gasteiger partial charge in [-0.2, -0.15) is 24.4 Å². The highest BCUT2D eigenvalue weighted by atomic mass is 32.2. The molecule has 0 aliphatic carbocycles. The van der Waals surface area contributed by atoms with E-state index in [1.807, 2.05) is 32.5 Å². The molecule has 14 heavy (non-hydrogen) atoms. The fourth-order valence-electron chi connectivity index (χ4n) is 1.38. The molecule has 1 aliphatic heterocycles. The van der Waals surface area contributed by atoms with Crippen LogP contribution in [-0.4, -0.2) is 28.3 Å². The Balaban J connectivity index is 2.40. The summed E-state index contributed by atoms with van der Waals surface area (Å²) in [5.74, 6) is 1.77. The highest BCUT2D eigenvalue weighted by Gasteiger charge is 2.32. The van der Waals surface area contributed by atoms with Crippen LogP contribution >= 0.6 is 24.4 Å². The third-order valence-electron chi connectivity index (χ3n) is 2.02. The lowest BCUT2D eigenvalue weighted by Gasteiger charge is -2.21. The van der Waals surface area contributed by atoms with Gasteiger partial charge in [0.15, 0.2) is 0 Å². The van der Waals surface area contributed by atoms with E-state index in [-0.39, 0.29) is 17.5 Å². The van der Waals surface area contributed by atoms with Crippen molar-refractivity contribution in [2.45, 2.75) is 38.0 Å². The van der Waals surface area contributed by atoms with Gasteiger partial charge in [0, 0.05) is 16.8 Å². The molecular formula is C10H18O2S2. The van der Waals surface area contributed by atoms with Gasteiger partial charge in [0.1, 0.15) is 5.60 Å². The van der Waals surface area contributed by atoms with E-state index in [0.717, 1.165) is 17.9 Å². The van der Waals surface area contributed by atoms with Gasteiger partial charge in [0.05, 0.1) is 5.92 Å². The zero-order chi connectivity index (χ0) is 10.8. The minimum Gasteiger partial charge on any atom is -0.460 e. The van der Waals surface area contributed by atoms with Crippen molar-refractivity contribution < 1.29 is 9.53 Å². The highest BCUT2D eigenvalue weighted by molar-refractivity contribution is 8.00. The molecule has 0 radical (unpaired) electrons. The molecule has 2 atom stereocenters. The summed E-state index contributed by atoms with van der Waals surface area (Å²) >= 11 is 6.07. The number of esters is 1. The predicted molar refractivity (Wildman–Crippen MR) is 64.1 cm³/mol. The molecule has 1 aliphatic rings. The molecule has 2 nitrogen and oxygen atoms in total. The Morgan fingerprint density at radius 1 is 1.57 bits per heavy atom. The molecule has 0 amide bonds. The van der Waals surface area contributed by atoms with Crippen LogP contribution < -0.4 is 0 Å². The summed E-state index contributed by atoms with van der Waals surface area (Å²) in [5.41, 5.74) is -0.360. The first kappa shape index (κ1) is 12.2. The van der Waals surface area contributed by atoms with E-state index in [2.05, 4.69) is 12.6 Å². The van der Waals surface area contributed by atoms with Crippen LogP contribution in [0.3, 0.4) is 0 Å². The third kappa shape index (κ3) is 3.73. The largest absolute Gasteiger partial charge is 0.460 e. The molecule has 0 saturated carbocycles. The number of carbonyl (C=O) groups is 1. The number of thioether (sulfide) groups is 1. The van der Waals surface area contributed by atoms with Gasteiger partial charge < -0.3 is 4.74 Å². The van der Waals surface area contributed by atoms with Crippen molar-refractivity contribution in [1.82, 2.24) is 0 Å². The summed E-state index contributed by atoms with van der Waals surface area (Å²) in [6.07, 6.45) is 0.920. The Morgan fingerprint density at radius 3 is 2.64 bits per heavy atom. The second-order valence-corrected chi connectivity index (χ2v) is 6.30. The van der Waals surface area contributed by atoms with Crippen molar-refractivity contribution >= 4 is 30.4 Å². The molecule has 0 bridgehead atoms. The smallest absolute Gasteiger partial charge is 0.310 e. The number of hydrogen-bond acceptors (Lipinski definition) is 4. The van der Waals surface area contributed by atoms with Crippen molar-refractivity contribution in [3.63, 3.8) is 0 Å². The molecule has 1 unspecified atom stereocenters. The van der Waals surface area contributed by atoms with E-state index in [4.69, 9.17) is 4.74 Å². The Bertz CT molecular complexity index is 211. The van der Waals surface area contributed by atoms with Gasteiger partial charge >= 0.3 is 5.97 Å². The van der Waals surface area contributed by atoms with Crippen LogP contribution in [0.5, 0.6) is 0 Å². The van der Waals surface area contributed by atoms with E-state index in [0.29, 0.717) is 5.25 Å². The van der Waals surface area contributed by atoms with Crippen molar-refractivity contribution in [1.29, 1.82) is 0 Å². The molecule has 1 fully saturated rings. The van der Waals surface area contributed by atoms with Crippen LogP contribution in [0, 0.1) is 5.92 Å². The van der Waals surface area contributed by atoms with E-state index < -0.39 is 0 Å². The van der Waals surface area contributed by atoms with Crippen LogP contribution in [0.15, 0.2) is 0 Å². The first-order valence-electron chi connectivity index (χ1n) is 4.87. The zero-order valence-electron chi connectivity index (χ0n) is 8.95. The average molecular weight is 234 g/mol. The van der Waals surface area contributed by atoms with Crippen molar-refractivity contribution in [2.24, 2.45) is 5.92 Å². The van der Waals surface area contributed by atoms with Crippen molar-refractivity contribution in [3.8, 4) is 0 Å². The molecule has 0 spiro atoms. The summed E-state index contributed by atoms with van der Waals surface area (Å²) in [6.45, 7) is 5.72. The van der Waals surface area contributed by atoms with Gasteiger partial charge in [-0.25, -0.2) is 0 Å². The van der Waals surface area contributed by atoms with Crippen molar-refractivity contribution in [2.75, 3.05) is 11.5 Å². The molecule has 4 heteroatoms. The molecule has 0 aromatic rings. The summed E-state index contributed by atoms with van der Waals surface area (Å²) in [5, 5.41) is 0.524. The quantitative estimate of drug-likeness (QED) is 0.587. The number of thiol groups is 1. The van der Waals surface area contributed by atoms with Gasteiger partial charge in [-0.15, -0.1) is 0 Å². The lowest BCUT2D eigenvalue weighted by Crippen LogP contribution is -2.29. The maximum absolute atomic E-state index is 11.7. The van der Waals surface area contributed by atoms with E-state index in [1.54, 1.807) is 0 Å². The van der Waals surface area contributed by atoms with E-state index in [9.17, 15) is 4.79 Å². The Hall–Kier alpha value is 0.170. The fourth-order valence-corrected chi connectivity index (χ4v) is 3.10. The van der Waals surface area contributed by atoms with Crippen LogP contribution in [0.2, 0.25) is 0 Å². The zero-order valence-corrected chi connectivity index (χ0v) is 10.7. The number of ether oxygens (including phenoxy) is 1. The summed E-state index contributed by atoms with van der Waals surface area (Å²) < 4.78 is 5.34. The van der Waals surface area contributed by atoms with Crippen molar-refractivity contribution in [3.05, 3.63) is 0 Å². The first-order valence-corrected chi connectivity index (χ1v) is 6.56. The van der Waals surface area contributed by atoms with Crippen LogP contribution in [0.4, 0.5) is 0 Å². The highest BCUT2D eigenvalue weighted by Crippen LogP contribution is 2.33. The third-order valence-corrected chi connectivity index (χ3v) is 4.14. The fraction of sp³-hybridized carbons (Fsp3) is 0.900. The Kier molecular flexibility index (Phi) is 4.19. The summed E-state index contributed by atoms with van der Waals surface area (Å²) in [7, 11) is 0. The molecule has 1 saturated heterocycles. The minimum atomic E-state index is -0.360. The molecule has 0 N–H and O–H groups in total. The first-order chi connectivity index (χ1) is 6.42. The van der Waals surface area contributed by atoms with Crippen LogP contribution in [0.25, 0.3) is 0 Å². The lowest BCUT2D eigenvalue weighted by atomic mass is 10.1. The molecule has 1 heterocycles. The number of hydrogen-bond donors (Lipinski definition) is 1. The molecule has 0 aromatic carbocycles. The summed E-state index contributed by atoms with van der Waals surface area (Å²) in [4.78, 5) is 11.7. The number of carbonyl (C=O) groups excluding carboxylic acids is 1. The monoisotopic (exact) mass is 234 g/mol. The van der Waals surface area contributed by atoms with Gasteiger partial charge in [-0.05, 0) is 27.2 Å². The second kappa shape index (κ2) is 4.79. The normalized spacial score (nSPS) is 27.7. The maximum atomic E-state index is 11.7. The van der Waals surface area contributed by atoms with Gasteiger partial charge in [-0.3, -0.25) is 4.79 Å². The molecule has 0 aromatic heterocycles. The average Bonchev–Trinajstić information content (AvgIpc) is 2.48. The molecule has 1 rings (SSSR count). The molecule has 82 valence electrons. The van der Waals surface area contributed by atoms with E-state index in [1.165, 1.54) is 0 Å². The number of rotatable bonds is 2. The topological polar surface area (TPSA) is 26.3 Å². The van der Waals surface area contributed by atoms with Gasteiger partial charge in [0.2, 0.25) is 0 Å². The Labute approximate surface area is 95.6 Å². The Morgan fingerprint density at radius 2 is 2.21 bits per heavy atom. The second-order valence-electron chi connectivity index (χ2n) is 4.60. The molecular weight excluding hydrogens is 216 g/mol. The summed E-state index contributed by atoms with van der Waals surface area (Å²) in [6, 6.07) is 0. The van der Waals surface area contributed by atoms with Gasteiger partial charge in [-0.1, -0.05) is 0 Å². The minimum absolute atomic E-state index is 0.0470.